The summed E-state index contributed by atoms with van der Waals surface area (Å²) >= 11 is 0. The molecule has 1 fully saturated rings. The van der Waals surface area contributed by atoms with Gasteiger partial charge in [-0.25, -0.2) is 4.68 Å². The fraction of sp³-hybridized carbons (Fsp3) is 0.476. The summed E-state index contributed by atoms with van der Waals surface area (Å²) < 4.78 is 6.88. The molecule has 0 N–H and O–H groups in total. The maximum Gasteiger partial charge on any atom is 0.267 e. The standard InChI is InChI=1S/C21H27N3O3/c1-20(2)17(13-21(20,3)27-5)23(4)19(26)14-24-18(25)12-11-16(22-24)15-9-7-6-8-10-15/h6-12,17H,13-14H2,1-5H3/t17-,21-/m1/s1. The Morgan fingerprint density at radius 1 is 1.22 bits per heavy atom. The zero-order chi connectivity index (χ0) is 19.8. The summed E-state index contributed by atoms with van der Waals surface area (Å²) in [6.45, 7) is 6.20. The van der Waals surface area contributed by atoms with E-state index in [2.05, 4.69) is 25.9 Å². The van der Waals surface area contributed by atoms with E-state index in [9.17, 15) is 9.59 Å². The van der Waals surface area contributed by atoms with E-state index < -0.39 is 0 Å². The van der Waals surface area contributed by atoms with Crippen LogP contribution in [0.15, 0.2) is 47.3 Å². The number of ether oxygens (including phenoxy) is 1. The number of rotatable bonds is 5. The Kier molecular flexibility index (Phi) is 4.95. The minimum absolute atomic E-state index is 0.0583. The molecule has 1 aromatic carbocycles. The van der Waals surface area contributed by atoms with Gasteiger partial charge in [-0.15, -0.1) is 0 Å². The number of nitrogens with zero attached hydrogens (tertiary/aromatic N) is 3. The largest absolute Gasteiger partial charge is 0.378 e. The lowest BCUT2D eigenvalue weighted by Crippen LogP contribution is -2.69. The second kappa shape index (κ2) is 6.93. The molecule has 1 heterocycles. The van der Waals surface area contributed by atoms with Crippen LogP contribution >= 0.6 is 0 Å². The lowest BCUT2D eigenvalue weighted by atomic mass is 9.55. The highest BCUT2D eigenvalue weighted by atomic mass is 16.5. The lowest BCUT2D eigenvalue weighted by molar-refractivity contribution is -0.207. The van der Waals surface area contributed by atoms with Gasteiger partial charge in [-0.2, -0.15) is 5.10 Å². The summed E-state index contributed by atoms with van der Waals surface area (Å²) in [5.74, 6) is -0.133. The van der Waals surface area contributed by atoms with Gasteiger partial charge in [0.05, 0.1) is 11.3 Å². The molecule has 1 saturated carbocycles. The Labute approximate surface area is 159 Å². The van der Waals surface area contributed by atoms with E-state index in [1.165, 1.54) is 10.7 Å². The van der Waals surface area contributed by atoms with E-state index >= 15 is 0 Å². The van der Waals surface area contributed by atoms with E-state index in [-0.39, 0.29) is 35.1 Å². The molecule has 0 spiro atoms. The molecule has 3 rings (SSSR count). The third-order valence-electron chi connectivity index (χ3n) is 6.31. The molecule has 2 aromatic rings. The number of likely N-dealkylation sites (N-methyl/N-ethyl adjacent to an activating group) is 1. The molecule has 1 amide bonds. The first-order valence-electron chi connectivity index (χ1n) is 9.14. The maximum atomic E-state index is 12.8. The summed E-state index contributed by atoms with van der Waals surface area (Å²) in [6, 6.07) is 12.8. The summed E-state index contributed by atoms with van der Waals surface area (Å²) in [5.41, 5.74) is 0.862. The van der Waals surface area contributed by atoms with Crippen molar-refractivity contribution < 1.29 is 9.53 Å². The fourth-order valence-electron chi connectivity index (χ4n) is 3.81. The minimum Gasteiger partial charge on any atom is -0.378 e. The third kappa shape index (κ3) is 3.30. The Bertz CT molecular complexity index is 891. The number of aromatic nitrogens is 2. The van der Waals surface area contributed by atoms with Gasteiger partial charge >= 0.3 is 0 Å². The van der Waals surface area contributed by atoms with Crippen molar-refractivity contribution in [2.75, 3.05) is 14.2 Å². The van der Waals surface area contributed by atoms with Crippen LogP contribution in [0.1, 0.15) is 27.2 Å². The smallest absolute Gasteiger partial charge is 0.267 e. The molecule has 0 aliphatic heterocycles. The third-order valence-corrected chi connectivity index (χ3v) is 6.31. The van der Waals surface area contributed by atoms with Crippen LogP contribution in [0.2, 0.25) is 0 Å². The molecule has 6 nitrogen and oxygen atoms in total. The monoisotopic (exact) mass is 369 g/mol. The summed E-state index contributed by atoms with van der Waals surface area (Å²) in [4.78, 5) is 26.7. The number of carbonyl (C=O) groups is 1. The van der Waals surface area contributed by atoms with E-state index in [0.29, 0.717) is 5.69 Å². The predicted octanol–water partition coefficient (Wildman–Crippen LogP) is 2.57. The maximum absolute atomic E-state index is 12.8. The van der Waals surface area contributed by atoms with Crippen molar-refractivity contribution in [2.24, 2.45) is 5.41 Å². The first-order valence-corrected chi connectivity index (χ1v) is 9.14. The Morgan fingerprint density at radius 3 is 2.48 bits per heavy atom. The summed E-state index contributed by atoms with van der Waals surface area (Å²) in [5, 5.41) is 4.38. The number of carbonyl (C=O) groups excluding carboxylic acids is 1. The molecule has 1 aromatic heterocycles. The van der Waals surface area contributed by atoms with Gasteiger partial charge in [0.1, 0.15) is 6.54 Å². The van der Waals surface area contributed by atoms with Gasteiger partial charge in [0.2, 0.25) is 5.91 Å². The van der Waals surface area contributed by atoms with Crippen LogP contribution in [0.4, 0.5) is 0 Å². The molecule has 144 valence electrons. The number of methoxy groups -OCH3 is 1. The molecule has 0 radical (unpaired) electrons. The van der Waals surface area contributed by atoms with Crippen LogP contribution in [0.3, 0.4) is 0 Å². The average Bonchev–Trinajstić information content (AvgIpc) is 2.67. The van der Waals surface area contributed by atoms with Gasteiger partial charge in [0.15, 0.2) is 0 Å². The lowest BCUT2D eigenvalue weighted by Gasteiger charge is -2.61. The van der Waals surface area contributed by atoms with Crippen LogP contribution in [-0.4, -0.2) is 46.4 Å². The minimum atomic E-state index is -0.286. The van der Waals surface area contributed by atoms with Crippen molar-refractivity contribution >= 4 is 5.91 Å². The van der Waals surface area contributed by atoms with Gasteiger partial charge in [0.25, 0.3) is 5.56 Å². The van der Waals surface area contributed by atoms with Crippen LogP contribution < -0.4 is 5.56 Å². The van der Waals surface area contributed by atoms with Crippen molar-refractivity contribution in [1.29, 1.82) is 0 Å². The van der Waals surface area contributed by atoms with Gasteiger partial charge in [-0.1, -0.05) is 44.2 Å². The molecule has 0 unspecified atom stereocenters. The van der Waals surface area contributed by atoms with E-state index in [1.54, 1.807) is 25.1 Å². The molecule has 0 saturated heterocycles. The summed E-state index contributed by atoms with van der Waals surface area (Å²) in [7, 11) is 3.49. The van der Waals surface area contributed by atoms with E-state index in [0.717, 1.165) is 12.0 Å². The van der Waals surface area contributed by atoms with E-state index in [4.69, 9.17) is 4.74 Å². The number of hydrogen-bond donors (Lipinski definition) is 0. The average molecular weight is 369 g/mol. The zero-order valence-electron chi connectivity index (χ0n) is 16.6. The number of amides is 1. The van der Waals surface area contributed by atoms with Crippen LogP contribution in [0, 0.1) is 5.41 Å². The van der Waals surface area contributed by atoms with Crippen LogP contribution in [0.5, 0.6) is 0 Å². The van der Waals surface area contributed by atoms with Crippen molar-refractivity contribution in [3.05, 3.63) is 52.8 Å². The van der Waals surface area contributed by atoms with Crippen molar-refractivity contribution in [2.45, 2.75) is 45.4 Å². The van der Waals surface area contributed by atoms with Crippen molar-refractivity contribution in [3.8, 4) is 11.3 Å². The molecule has 0 bridgehead atoms. The quantitative estimate of drug-likeness (QED) is 0.813. The van der Waals surface area contributed by atoms with Crippen LogP contribution in [-0.2, 0) is 16.1 Å². The van der Waals surface area contributed by atoms with Gasteiger partial charge in [0, 0.05) is 37.2 Å². The number of hydrogen-bond acceptors (Lipinski definition) is 4. The topological polar surface area (TPSA) is 64.4 Å². The molecule has 2 atom stereocenters. The highest BCUT2D eigenvalue weighted by Gasteiger charge is 2.59. The van der Waals surface area contributed by atoms with E-state index in [1.807, 2.05) is 30.3 Å². The van der Waals surface area contributed by atoms with Crippen molar-refractivity contribution in [1.82, 2.24) is 14.7 Å². The predicted molar refractivity (Wildman–Crippen MR) is 104 cm³/mol. The SMILES string of the molecule is CO[C@]1(C)C[C@@H](N(C)C(=O)Cn2nc(-c3ccccc3)ccc2=O)C1(C)C. The number of benzene rings is 1. The Hall–Kier alpha value is -2.47. The Balaban J connectivity index is 1.78. The molecular weight excluding hydrogens is 342 g/mol. The molecule has 6 heteroatoms. The van der Waals surface area contributed by atoms with Gasteiger partial charge in [-0.05, 0) is 19.4 Å². The fourth-order valence-corrected chi connectivity index (χ4v) is 3.81. The Morgan fingerprint density at radius 2 is 1.89 bits per heavy atom. The molecule has 1 aliphatic rings. The first kappa shape index (κ1) is 19.3. The molecule has 27 heavy (non-hydrogen) atoms. The summed E-state index contributed by atoms with van der Waals surface area (Å²) in [6.07, 6.45) is 0.769. The second-order valence-electron chi connectivity index (χ2n) is 7.96. The van der Waals surface area contributed by atoms with Crippen molar-refractivity contribution in [3.63, 3.8) is 0 Å². The first-order chi connectivity index (χ1) is 12.7. The zero-order valence-corrected chi connectivity index (χ0v) is 16.6. The molecular formula is C21H27N3O3. The van der Waals surface area contributed by atoms with Gasteiger partial charge < -0.3 is 9.64 Å². The van der Waals surface area contributed by atoms with Crippen LogP contribution in [0.25, 0.3) is 11.3 Å². The molecule has 1 aliphatic carbocycles. The normalized spacial score (nSPS) is 23.5. The van der Waals surface area contributed by atoms with Gasteiger partial charge in [-0.3, -0.25) is 9.59 Å². The highest BCUT2D eigenvalue weighted by molar-refractivity contribution is 5.76. The highest BCUT2D eigenvalue weighted by Crippen LogP contribution is 2.53. The second-order valence-corrected chi connectivity index (χ2v) is 7.96.